The number of nitrogens with zero attached hydrogens (tertiary/aromatic N) is 4. The molecule has 0 aromatic carbocycles. The quantitative estimate of drug-likeness (QED) is 0.818. The largest absolute Gasteiger partial charge is 0.298 e. The normalized spacial score (nSPS) is 22.8. The van der Waals surface area contributed by atoms with Crippen molar-refractivity contribution in [2.45, 2.75) is 23.9 Å². The van der Waals surface area contributed by atoms with Crippen molar-refractivity contribution in [2.24, 2.45) is 7.05 Å². The van der Waals surface area contributed by atoms with E-state index in [1.807, 2.05) is 0 Å². The first-order valence-electron chi connectivity index (χ1n) is 6.42. The fourth-order valence-electron chi connectivity index (χ4n) is 2.56. The molecule has 8 heteroatoms. The Morgan fingerprint density at radius 1 is 1.26 bits per heavy atom. The van der Waals surface area contributed by atoms with Gasteiger partial charge in [0.15, 0.2) is 5.03 Å². The molecule has 106 valence electrons. The van der Waals surface area contributed by atoms with Crippen LogP contribution < -0.4 is 0 Å². The smallest absolute Gasteiger partial charge is 0.261 e. The van der Waals surface area contributed by atoms with Crippen molar-refractivity contribution in [1.29, 1.82) is 0 Å². The topological polar surface area (TPSA) is 58.4 Å². The molecule has 0 N–H and O–H groups in total. The molecule has 2 aliphatic rings. The van der Waals surface area contributed by atoms with E-state index in [-0.39, 0.29) is 10.0 Å². The van der Waals surface area contributed by atoms with Gasteiger partial charge in [0.2, 0.25) is 0 Å². The maximum absolute atomic E-state index is 12.5. The van der Waals surface area contributed by atoms with Gasteiger partial charge >= 0.3 is 0 Å². The summed E-state index contributed by atoms with van der Waals surface area (Å²) in [7, 11) is -1.94. The maximum Gasteiger partial charge on any atom is 0.261 e. The molecule has 1 aromatic rings. The molecule has 0 unspecified atom stereocenters. The van der Waals surface area contributed by atoms with Crippen molar-refractivity contribution >= 4 is 21.6 Å². The number of hydrogen-bond acceptors (Lipinski definition) is 4. The van der Waals surface area contributed by atoms with Crippen molar-refractivity contribution in [3.63, 3.8) is 0 Å². The van der Waals surface area contributed by atoms with Crippen LogP contribution in [0, 0.1) is 0 Å². The zero-order valence-electron chi connectivity index (χ0n) is 10.8. The van der Waals surface area contributed by atoms with Gasteiger partial charge in [-0.25, -0.2) is 8.42 Å². The summed E-state index contributed by atoms with van der Waals surface area (Å²) >= 11 is 5.94. The highest BCUT2D eigenvalue weighted by molar-refractivity contribution is 7.89. The van der Waals surface area contributed by atoms with Crippen molar-refractivity contribution in [3.05, 3.63) is 11.2 Å². The van der Waals surface area contributed by atoms with E-state index in [9.17, 15) is 8.42 Å². The second kappa shape index (κ2) is 4.73. The molecule has 19 heavy (non-hydrogen) atoms. The summed E-state index contributed by atoms with van der Waals surface area (Å²) in [4.78, 5) is 2.37. The molecular weight excluding hydrogens is 288 g/mol. The van der Waals surface area contributed by atoms with Crippen LogP contribution in [0.25, 0.3) is 0 Å². The molecule has 1 saturated heterocycles. The summed E-state index contributed by atoms with van der Waals surface area (Å²) in [5.41, 5.74) is 0. The van der Waals surface area contributed by atoms with Crippen molar-refractivity contribution in [2.75, 3.05) is 26.2 Å². The third-order valence-electron chi connectivity index (χ3n) is 3.76. The van der Waals surface area contributed by atoms with Gasteiger partial charge in [-0.2, -0.15) is 9.40 Å². The summed E-state index contributed by atoms with van der Waals surface area (Å²) in [6.45, 7) is 2.67. The van der Waals surface area contributed by atoms with E-state index < -0.39 is 10.0 Å². The molecule has 2 fully saturated rings. The fourth-order valence-corrected chi connectivity index (χ4v) is 4.59. The Labute approximate surface area is 118 Å². The molecule has 0 spiro atoms. The summed E-state index contributed by atoms with van der Waals surface area (Å²) in [5, 5.41) is 4.18. The Kier molecular flexibility index (Phi) is 3.33. The van der Waals surface area contributed by atoms with E-state index in [0.717, 1.165) is 13.1 Å². The van der Waals surface area contributed by atoms with Gasteiger partial charge in [-0.05, 0) is 12.8 Å². The number of piperazine rings is 1. The predicted molar refractivity (Wildman–Crippen MR) is 71.6 cm³/mol. The van der Waals surface area contributed by atoms with E-state index in [1.165, 1.54) is 28.0 Å². The second-order valence-corrected chi connectivity index (χ2v) is 7.35. The third kappa shape index (κ3) is 2.40. The van der Waals surface area contributed by atoms with E-state index in [1.54, 1.807) is 7.05 Å². The minimum Gasteiger partial charge on any atom is -0.298 e. The highest BCUT2D eigenvalue weighted by Crippen LogP contribution is 2.29. The lowest BCUT2D eigenvalue weighted by Crippen LogP contribution is -2.49. The van der Waals surface area contributed by atoms with Crippen LogP contribution in [-0.2, 0) is 17.1 Å². The van der Waals surface area contributed by atoms with Gasteiger partial charge in [0.25, 0.3) is 10.0 Å². The number of aryl methyl sites for hydroxylation is 1. The molecule has 0 amide bonds. The second-order valence-electron chi connectivity index (χ2n) is 5.09. The Morgan fingerprint density at radius 2 is 1.89 bits per heavy atom. The molecule has 0 bridgehead atoms. The monoisotopic (exact) mass is 304 g/mol. The summed E-state index contributed by atoms with van der Waals surface area (Å²) in [5.74, 6) is 0. The molecular formula is C11H17ClN4O2S. The van der Waals surface area contributed by atoms with Crippen LogP contribution in [0.4, 0.5) is 0 Å². The van der Waals surface area contributed by atoms with E-state index in [0.29, 0.717) is 19.1 Å². The van der Waals surface area contributed by atoms with Gasteiger partial charge in [0.1, 0.15) is 0 Å². The first-order valence-corrected chi connectivity index (χ1v) is 8.23. The third-order valence-corrected chi connectivity index (χ3v) is 6.17. The Morgan fingerprint density at radius 3 is 2.37 bits per heavy atom. The molecule has 1 saturated carbocycles. The highest BCUT2D eigenvalue weighted by atomic mass is 35.5. The Hall–Kier alpha value is -0.630. The number of aromatic nitrogens is 2. The van der Waals surface area contributed by atoms with Gasteiger partial charge in [0.05, 0.1) is 11.2 Å². The van der Waals surface area contributed by atoms with Crippen LogP contribution in [0.5, 0.6) is 0 Å². The SMILES string of the molecule is Cn1ncc(Cl)c1S(=O)(=O)N1CCN(C2CC2)CC1. The summed E-state index contributed by atoms with van der Waals surface area (Å²) in [6.07, 6.45) is 3.87. The van der Waals surface area contributed by atoms with Crippen LogP contribution in [-0.4, -0.2) is 59.6 Å². The molecule has 1 aliphatic heterocycles. The number of rotatable bonds is 3. The molecule has 6 nitrogen and oxygen atoms in total. The van der Waals surface area contributed by atoms with Crippen molar-refractivity contribution < 1.29 is 8.42 Å². The molecule has 0 atom stereocenters. The number of halogens is 1. The predicted octanol–water partition coefficient (Wildman–Crippen LogP) is 0.542. The summed E-state index contributed by atoms with van der Waals surface area (Å²) < 4.78 is 27.9. The molecule has 3 rings (SSSR count). The van der Waals surface area contributed by atoms with Gasteiger partial charge in [-0.3, -0.25) is 9.58 Å². The average Bonchev–Trinajstić information content (AvgIpc) is 3.16. The zero-order valence-corrected chi connectivity index (χ0v) is 12.4. The van der Waals surface area contributed by atoms with E-state index in [4.69, 9.17) is 11.6 Å². The Bertz CT molecular complexity index is 554. The number of hydrogen-bond donors (Lipinski definition) is 0. The minimum atomic E-state index is -3.53. The van der Waals surface area contributed by atoms with Crippen molar-refractivity contribution in [1.82, 2.24) is 19.0 Å². The van der Waals surface area contributed by atoms with Crippen LogP contribution in [0.15, 0.2) is 11.2 Å². The standard InChI is InChI=1S/C11H17ClN4O2S/c1-14-11(10(12)8-13-14)19(17,18)16-6-4-15(5-7-16)9-2-3-9/h8-9H,2-7H2,1H3. The highest BCUT2D eigenvalue weighted by Gasteiger charge is 2.36. The first-order chi connectivity index (χ1) is 9.00. The van der Waals surface area contributed by atoms with Gasteiger partial charge < -0.3 is 0 Å². The van der Waals surface area contributed by atoms with E-state index >= 15 is 0 Å². The van der Waals surface area contributed by atoms with Gasteiger partial charge in [0, 0.05) is 39.3 Å². The molecule has 1 aromatic heterocycles. The zero-order chi connectivity index (χ0) is 13.6. The first kappa shape index (κ1) is 13.4. The number of sulfonamides is 1. The van der Waals surface area contributed by atoms with Crippen LogP contribution in [0.2, 0.25) is 5.02 Å². The Balaban J connectivity index is 1.78. The minimum absolute atomic E-state index is 0.0917. The molecule has 0 radical (unpaired) electrons. The van der Waals surface area contributed by atoms with Crippen LogP contribution in [0.1, 0.15) is 12.8 Å². The lowest BCUT2D eigenvalue weighted by molar-refractivity contribution is 0.180. The fraction of sp³-hybridized carbons (Fsp3) is 0.727. The molecule has 2 heterocycles. The van der Waals surface area contributed by atoms with Crippen LogP contribution >= 0.6 is 11.6 Å². The lowest BCUT2D eigenvalue weighted by atomic mass is 10.3. The lowest BCUT2D eigenvalue weighted by Gasteiger charge is -2.33. The maximum atomic E-state index is 12.5. The average molecular weight is 305 g/mol. The molecule has 1 aliphatic carbocycles. The van der Waals surface area contributed by atoms with E-state index in [2.05, 4.69) is 10.00 Å². The van der Waals surface area contributed by atoms with Gasteiger partial charge in [-0.15, -0.1) is 0 Å². The van der Waals surface area contributed by atoms with Crippen LogP contribution in [0.3, 0.4) is 0 Å². The summed E-state index contributed by atoms with van der Waals surface area (Å²) in [6, 6.07) is 0.685. The van der Waals surface area contributed by atoms with Crippen molar-refractivity contribution in [3.8, 4) is 0 Å². The van der Waals surface area contributed by atoms with Gasteiger partial charge in [-0.1, -0.05) is 11.6 Å².